The lowest BCUT2D eigenvalue weighted by molar-refractivity contribution is 0.0942. The third-order valence-corrected chi connectivity index (χ3v) is 2.54. The summed E-state index contributed by atoms with van der Waals surface area (Å²) in [4.78, 5) is 16.0. The zero-order valence-electron chi connectivity index (χ0n) is 9.17. The summed E-state index contributed by atoms with van der Waals surface area (Å²) in [5, 5.41) is 2.80. The molecule has 0 radical (unpaired) electrons. The molecule has 1 N–H and O–H groups in total. The van der Waals surface area contributed by atoms with E-state index in [-0.39, 0.29) is 11.9 Å². The van der Waals surface area contributed by atoms with Gasteiger partial charge in [-0.3, -0.25) is 9.78 Å². The van der Waals surface area contributed by atoms with Gasteiger partial charge in [-0.2, -0.15) is 0 Å². The fourth-order valence-electron chi connectivity index (χ4n) is 1.27. The van der Waals surface area contributed by atoms with Crippen LogP contribution in [0.3, 0.4) is 0 Å². The van der Waals surface area contributed by atoms with E-state index in [1.54, 1.807) is 6.07 Å². The standard InChI is InChI=1S/C11H15ClN2O/c1-7-4-5-10(9(3)13-7)11(15)14-8(2)6-12/h4-5,8H,6H2,1-3H3,(H,14,15). The molecule has 0 spiro atoms. The van der Waals surface area contributed by atoms with Gasteiger partial charge in [0.1, 0.15) is 0 Å². The highest BCUT2D eigenvalue weighted by Crippen LogP contribution is 2.06. The molecule has 0 saturated carbocycles. The van der Waals surface area contributed by atoms with E-state index in [1.165, 1.54) is 0 Å². The summed E-state index contributed by atoms with van der Waals surface area (Å²) in [6.07, 6.45) is 0. The summed E-state index contributed by atoms with van der Waals surface area (Å²) < 4.78 is 0. The van der Waals surface area contributed by atoms with Crippen molar-refractivity contribution in [3.8, 4) is 0 Å². The first-order valence-corrected chi connectivity index (χ1v) is 5.39. The Kier molecular flexibility index (Phi) is 4.09. The summed E-state index contributed by atoms with van der Waals surface area (Å²) in [5.41, 5.74) is 2.27. The number of aryl methyl sites for hydroxylation is 2. The van der Waals surface area contributed by atoms with Gasteiger partial charge in [0, 0.05) is 17.6 Å². The van der Waals surface area contributed by atoms with E-state index in [2.05, 4.69) is 10.3 Å². The lowest BCUT2D eigenvalue weighted by Crippen LogP contribution is -2.34. The van der Waals surface area contributed by atoms with Crippen LogP contribution in [0.25, 0.3) is 0 Å². The van der Waals surface area contributed by atoms with Crippen LogP contribution in [0.4, 0.5) is 0 Å². The Labute approximate surface area is 94.9 Å². The van der Waals surface area contributed by atoms with Crippen LogP contribution in [-0.2, 0) is 0 Å². The molecule has 1 aromatic rings. The highest BCUT2D eigenvalue weighted by molar-refractivity contribution is 6.18. The number of nitrogens with one attached hydrogen (secondary N) is 1. The molecule has 1 atom stereocenters. The first kappa shape index (κ1) is 12.0. The molecular formula is C11H15ClN2O. The maximum Gasteiger partial charge on any atom is 0.253 e. The van der Waals surface area contributed by atoms with Crippen molar-refractivity contribution in [1.82, 2.24) is 10.3 Å². The summed E-state index contributed by atoms with van der Waals surface area (Å²) in [7, 11) is 0. The Bertz CT molecular complexity index is 366. The Morgan fingerprint density at radius 1 is 1.53 bits per heavy atom. The highest BCUT2D eigenvalue weighted by atomic mass is 35.5. The molecule has 82 valence electrons. The van der Waals surface area contributed by atoms with E-state index in [1.807, 2.05) is 26.8 Å². The van der Waals surface area contributed by atoms with Gasteiger partial charge in [0.25, 0.3) is 5.91 Å². The van der Waals surface area contributed by atoms with E-state index in [9.17, 15) is 4.79 Å². The van der Waals surface area contributed by atoms with Crippen LogP contribution in [0.5, 0.6) is 0 Å². The molecule has 1 aromatic heterocycles. The Morgan fingerprint density at radius 2 is 2.20 bits per heavy atom. The van der Waals surface area contributed by atoms with E-state index in [0.717, 1.165) is 11.4 Å². The normalized spacial score (nSPS) is 12.3. The van der Waals surface area contributed by atoms with Crippen molar-refractivity contribution >= 4 is 17.5 Å². The molecule has 1 rings (SSSR count). The van der Waals surface area contributed by atoms with E-state index < -0.39 is 0 Å². The molecule has 1 heterocycles. The first-order valence-electron chi connectivity index (χ1n) is 4.85. The minimum atomic E-state index is -0.117. The zero-order valence-corrected chi connectivity index (χ0v) is 9.93. The van der Waals surface area contributed by atoms with Crippen LogP contribution in [-0.4, -0.2) is 22.8 Å². The minimum absolute atomic E-state index is 0.0279. The van der Waals surface area contributed by atoms with Crippen LogP contribution in [0.2, 0.25) is 0 Å². The molecule has 0 saturated heterocycles. The average Bonchev–Trinajstić information content (AvgIpc) is 2.17. The topological polar surface area (TPSA) is 42.0 Å². The van der Waals surface area contributed by atoms with Gasteiger partial charge >= 0.3 is 0 Å². The first-order chi connectivity index (χ1) is 7.04. The van der Waals surface area contributed by atoms with Crippen molar-refractivity contribution in [3.63, 3.8) is 0 Å². The lowest BCUT2D eigenvalue weighted by atomic mass is 10.1. The van der Waals surface area contributed by atoms with E-state index in [4.69, 9.17) is 11.6 Å². The maximum atomic E-state index is 11.7. The molecule has 0 bridgehead atoms. The molecule has 1 amide bonds. The second-order valence-electron chi connectivity index (χ2n) is 3.61. The molecular weight excluding hydrogens is 212 g/mol. The van der Waals surface area contributed by atoms with Crippen molar-refractivity contribution in [2.75, 3.05) is 5.88 Å². The Hall–Kier alpha value is -1.09. The molecule has 3 nitrogen and oxygen atoms in total. The van der Waals surface area contributed by atoms with Gasteiger partial charge in [-0.15, -0.1) is 11.6 Å². The van der Waals surface area contributed by atoms with Crippen molar-refractivity contribution in [1.29, 1.82) is 0 Å². The number of halogens is 1. The molecule has 4 heteroatoms. The number of rotatable bonds is 3. The van der Waals surface area contributed by atoms with Crippen molar-refractivity contribution in [2.24, 2.45) is 0 Å². The molecule has 0 aliphatic rings. The monoisotopic (exact) mass is 226 g/mol. The minimum Gasteiger partial charge on any atom is -0.348 e. The quantitative estimate of drug-likeness (QED) is 0.802. The predicted octanol–water partition coefficient (Wildman–Crippen LogP) is 2.06. The van der Waals surface area contributed by atoms with Gasteiger partial charge < -0.3 is 5.32 Å². The lowest BCUT2D eigenvalue weighted by Gasteiger charge is -2.11. The second kappa shape index (κ2) is 5.12. The summed E-state index contributed by atoms with van der Waals surface area (Å²) >= 11 is 5.62. The average molecular weight is 227 g/mol. The van der Waals surface area contributed by atoms with Gasteiger partial charge in [0.05, 0.1) is 11.3 Å². The third-order valence-electron chi connectivity index (χ3n) is 2.08. The SMILES string of the molecule is Cc1ccc(C(=O)NC(C)CCl)c(C)n1. The van der Waals surface area contributed by atoms with Crippen LogP contribution in [0.15, 0.2) is 12.1 Å². The van der Waals surface area contributed by atoms with Crippen molar-refractivity contribution in [2.45, 2.75) is 26.8 Å². The van der Waals surface area contributed by atoms with Crippen LogP contribution in [0, 0.1) is 13.8 Å². The zero-order chi connectivity index (χ0) is 11.4. The highest BCUT2D eigenvalue weighted by Gasteiger charge is 2.11. The van der Waals surface area contributed by atoms with Gasteiger partial charge in [-0.05, 0) is 32.9 Å². The van der Waals surface area contributed by atoms with Crippen LogP contribution in [0.1, 0.15) is 28.7 Å². The van der Waals surface area contributed by atoms with Crippen molar-refractivity contribution < 1.29 is 4.79 Å². The number of carbonyl (C=O) groups is 1. The van der Waals surface area contributed by atoms with Gasteiger partial charge in [-0.1, -0.05) is 0 Å². The predicted molar refractivity (Wildman–Crippen MR) is 61.4 cm³/mol. The van der Waals surface area contributed by atoms with E-state index >= 15 is 0 Å². The number of amides is 1. The van der Waals surface area contributed by atoms with E-state index in [0.29, 0.717) is 11.4 Å². The summed E-state index contributed by atoms with van der Waals surface area (Å²) in [5.74, 6) is 0.289. The third kappa shape index (κ3) is 3.20. The molecule has 0 aliphatic carbocycles. The van der Waals surface area contributed by atoms with Gasteiger partial charge in [0.2, 0.25) is 0 Å². The molecule has 0 aromatic carbocycles. The second-order valence-corrected chi connectivity index (χ2v) is 3.92. The largest absolute Gasteiger partial charge is 0.348 e. The number of nitrogens with zero attached hydrogens (tertiary/aromatic N) is 1. The smallest absolute Gasteiger partial charge is 0.253 e. The number of carbonyl (C=O) groups excluding carboxylic acids is 1. The number of aromatic nitrogens is 1. The van der Waals surface area contributed by atoms with Gasteiger partial charge in [0.15, 0.2) is 0 Å². The number of hydrogen-bond donors (Lipinski definition) is 1. The number of alkyl halides is 1. The fraction of sp³-hybridized carbons (Fsp3) is 0.455. The Morgan fingerprint density at radius 3 is 2.73 bits per heavy atom. The molecule has 0 fully saturated rings. The molecule has 1 unspecified atom stereocenters. The maximum absolute atomic E-state index is 11.7. The summed E-state index contributed by atoms with van der Waals surface area (Å²) in [6.45, 7) is 5.59. The Balaban J connectivity index is 2.82. The van der Waals surface area contributed by atoms with Crippen LogP contribution >= 0.6 is 11.6 Å². The fourth-order valence-corrected chi connectivity index (χ4v) is 1.34. The van der Waals surface area contributed by atoms with Gasteiger partial charge in [-0.25, -0.2) is 0 Å². The van der Waals surface area contributed by atoms with Crippen LogP contribution < -0.4 is 5.32 Å². The number of pyridine rings is 1. The molecule has 0 aliphatic heterocycles. The molecule has 15 heavy (non-hydrogen) atoms. The van der Waals surface area contributed by atoms with Crippen molar-refractivity contribution in [3.05, 3.63) is 29.1 Å². The summed E-state index contributed by atoms with van der Waals surface area (Å²) in [6, 6.07) is 3.58. The number of hydrogen-bond acceptors (Lipinski definition) is 2.